The van der Waals surface area contributed by atoms with E-state index in [1.165, 1.54) is 11.1 Å². The van der Waals surface area contributed by atoms with Gasteiger partial charge in [-0.1, -0.05) is 43.6 Å². The lowest BCUT2D eigenvalue weighted by Crippen LogP contribution is -2.35. The Balaban J connectivity index is 2.66. The van der Waals surface area contributed by atoms with Gasteiger partial charge in [0.05, 0.1) is 5.56 Å². The molecule has 1 aliphatic rings. The Morgan fingerprint density at radius 3 is 2.44 bits per heavy atom. The Morgan fingerprint density at radius 1 is 1.28 bits per heavy atom. The zero-order chi connectivity index (χ0) is 13.7. The van der Waals surface area contributed by atoms with Crippen LogP contribution in [0.1, 0.15) is 55.6 Å². The normalized spacial score (nSPS) is 20.3. The highest BCUT2D eigenvalue weighted by atomic mass is 79.9. The average molecular weight is 311 g/mol. The summed E-state index contributed by atoms with van der Waals surface area (Å²) in [6.45, 7) is 8.94. The molecule has 0 aliphatic heterocycles. The maximum Gasteiger partial charge on any atom is 0.335 e. The van der Waals surface area contributed by atoms with Crippen molar-refractivity contribution in [3.63, 3.8) is 0 Å². The van der Waals surface area contributed by atoms with Crippen molar-refractivity contribution in [3.05, 3.63) is 33.3 Å². The first-order valence-corrected chi connectivity index (χ1v) is 6.98. The van der Waals surface area contributed by atoms with E-state index in [1.807, 2.05) is 6.07 Å². The van der Waals surface area contributed by atoms with Gasteiger partial charge in [0.15, 0.2) is 0 Å². The van der Waals surface area contributed by atoms with Crippen LogP contribution in [0.5, 0.6) is 0 Å². The standard InChI is InChI=1S/C15H19BrO2/c1-14(2)7-10-11(15(3,4)8-14)5-9(13(17)18)6-12(10)16/h5-6H,7-8H2,1-4H3,(H,17,18). The molecule has 2 rings (SSSR count). The van der Waals surface area contributed by atoms with Gasteiger partial charge in [-0.15, -0.1) is 0 Å². The van der Waals surface area contributed by atoms with Gasteiger partial charge in [0.1, 0.15) is 0 Å². The summed E-state index contributed by atoms with van der Waals surface area (Å²) in [6, 6.07) is 3.57. The molecule has 98 valence electrons. The summed E-state index contributed by atoms with van der Waals surface area (Å²) in [5.74, 6) is -0.862. The first-order valence-electron chi connectivity index (χ1n) is 6.19. The van der Waals surface area contributed by atoms with Crippen LogP contribution in [0.25, 0.3) is 0 Å². The molecule has 18 heavy (non-hydrogen) atoms. The third kappa shape index (κ3) is 2.33. The fourth-order valence-corrected chi connectivity index (χ4v) is 3.98. The van der Waals surface area contributed by atoms with Crippen LogP contribution in [0.4, 0.5) is 0 Å². The largest absolute Gasteiger partial charge is 0.478 e. The van der Waals surface area contributed by atoms with E-state index in [0.29, 0.717) is 5.56 Å². The van der Waals surface area contributed by atoms with E-state index in [9.17, 15) is 4.79 Å². The summed E-state index contributed by atoms with van der Waals surface area (Å²) in [6.07, 6.45) is 2.06. The molecule has 3 heteroatoms. The van der Waals surface area contributed by atoms with Gasteiger partial charge >= 0.3 is 5.97 Å². The number of rotatable bonds is 1. The van der Waals surface area contributed by atoms with Crippen molar-refractivity contribution < 1.29 is 9.90 Å². The fraction of sp³-hybridized carbons (Fsp3) is 0.533. The van der Waals surface area contributed by atoms with Gasteiger partial charge in [0, 0.05) is 4.47 Å². The van der Waals surface area contributed by atoms with E-state index in [4.69, 9.17) is 5.11 Å². The second kappa shape index (κ2) is 4.09. The highest BCUT2D eigenvalue weighted by Gasteiger charge is 2.38. The van der Waals surface area contributed by atoms with Gasteiger partial charge in [-0.3, -0.25) is 0 Å². The molecule has 1 aromatic carbocycles. The van der Waals surface area contributed by atoms with Crippen LogP contribution in [0.3, 0.4) is 0 Å². The van der Waals surface area contributed by atoms with E-state index in [2.05, 4.69) is 43.6 Å². The molecule has 0 amide bonds. The van der Waals surface area contributed by atoms with Crippen molar-refractivity contribution in [2.45, 2.75) is 46.0 Å². The minimum atomic E-state index is -0.862. The molecule has 0 fully saturated rings. The number of fused-ring (bicyclic) bond motifs is 1. The van der Waals surface area contributed by atoms with Crippen molar-refractivity contribution in [2.75, 3.05) is 0 Å². The Kier molecular flexibility index (Phi) is 3.09. The molecule has 1 N–H and O–H groups in total. The molecule has 0 heterocycles. The molecule has 0 bridgehead atoms. The second-order valence-electron chi connectivity index (χ2n) is 6.69. The lowest BCUT2D eigenvalue weighted by atomic mass is 9.62. The van der Waals surface area contributed by atoms with Crippen LogP contribution in [0, 0.1) is 5.41 Å². The van der Waals surface area contributed by atoms with Crippen molar-refractivity contribution in [2.24, 2.45) is 5.41 Å². The first-order chi connectivity index (χ1) is 8.12. The highest BCUT2D eigenvalue weighted by Crippen LogP contribution is 2.47. The molecule has 2 nitrogen and oxygen atoms in total. The van der Waals surface area contributed by atoms with Crippen LogP contribution in [0.2, 0.25) is 0 Å². The molecule has 0 aromatic heterocycles. The number of benzene rings is 1. The quantitative estimate of drug-likeness (QED) is 0.835. The SMILES string of the molecule is CC1(C)Cc2c(Br)cc(C(=O)O)cc2C(C)(C)C1. The summed E-state index contributed by atoms with van der Waals surface area (Å²) in [4.78, 5) is 11.2. The summed E-state index contributed by atoms with van der Waals surface area (Å²) >= 11 is 3.54. The Hall–Kier alpha value is -0.830. The van der Waals surface area contributed by atoms with Crippen LogP contribution in [-0.2, 0) is 11.8 Å². The summed E-state index contributed by atoms with van der Waals surface area (Å²) < 4.78 is 0.929. The monoisotopic (exact) mass is 310 g/mol. The number of carbonyl (C=O) groups is 1. The summed E-state index contributed by atoms with van der Waals surface area (Å²) in [7, 11) is 0. The van der Waals surface area contributed by atoms with Gasteiger partial charge in [-0.2, -0.15) is 0 Å². The molecule has 0 saturated carbocycles. The summed E-state index contributed by atoms with van der Waals surface area (Å²) in [5, 5.41) is 9.16. The van der Waals surface area contributed by atoms with Crippen molar-refractivity contribution in [3.8, 4) is 0 Å². The lowest BCUT2D eigenvalue weighted by Gasteiger charge is -2.43. The zero-order valence-electron chi connectivity index (χ0n) is 11.3. The zero-order valence-corrected chi connectivity index (χ0v) is 12.9. The molecule has 1 aromatic rings. The average Bonchev–Trinajstić information content (AvgIpc) is 2.16. The summed E-state index contributed by atoms with van der Waals surface area (Å²) in [5.41, 5.74) is 3.08. The number of hydrogen-bond acceptors (Lipinski definition) is 1. The van der Waals surface area contributed by atoms with E-state index >= 15 is 0 Å². The topological polar surface area (TPSA) is 37.3 Å². The van der Waals surface area contributed by atoms with Gasteiger partial charge in [0.2, 0.25) is 0 Å². The third-order valence-corrected chi connectivity index (χ3v) is 4.45. The van der Waals surface area contributed by atoms with Crippen LogP contribution in [0.15, 0.2) is 16.6 Å². The van der Waals surface area contributed by atoms with Crippen molar-refractivity contribution in [1.29, 1.82) is 0 Å². The Morgan fingerprint density at radius 2 is 1.89 bits per heavy atom. The predicted molar refractivity (Wildman–Crippen MR) is 76.2 cm³/mol. The van der Waals surface area contributed by atoms with Crippen molar-refractivity contribution >= 4 is 21.9 Å². The third-order valence-electron chi connectivity index (χ3n) is 3.75. The molecular formula is C15H19BrO2. The van der Waals surface area contributed by atoms with Gasteiger partial charge in [-0.05, 0) is 46.9 Å². The minimum Gasteiger partial charge on any atom is -0.478 e. The van der Waals surface area contributed by atoms with Gasteiger partial charge in [-0.25, -0.2) is 4.79 Å². The van der Waals surface area contributed by atoms with Crippen LogP contribution >= 0.6 is 15.9 Å². The van der Waals surface area contributed by atoms with E-state index in [0.717, 1.165) is 17.3 Å². The van der Waals surface area contributed by atoms with E-state index in [-0.39, 0.29) is 10.8 Å². The van der Waals surface area contributed by atoms with E-state index < -0.39 is 5.97 Å². The number of hydrogen-bond donors (Lipinski definition) is 1. The number of carboxylic acid groups (broad SMARTS) is 1. The maximum absolute atomic E-state index is 11.2. The highest BCUT2D eigenvalue weighted by molar-refractivity contribution is 9.10. The number of aromatic carboxylic acids is 1. The molecular weight excluding hydrogens is 292 g/mol. The van der Waals surface area contributed by atoms with Crippen molar-refractivity contribution in [1.82, 2.24) is 0 Å². The Labute approximate surface area is 117 Å². The lowest BCUT2D eigenvalue weighted by molar-refractivity contribution is 0.0696. The predicted octanol–water partition coefficient (Wildman–Crippen LogP) is 4.40. The van der Waals surface area contributed by atoms with E-state index in [1.54, 1.807) is 6.07 Å². The smallest absolute Gasteiger partial charge is 0.335 e. The number of carboxylic acids is 1. The van der Waals surface area contributed by atoms with Gasteiger partial charge in [0.25, 0.3) is 0 Å². The maximum atomic E-state index is 11.2. The van der Waals surface area contributed by atoms with Crippen LogP contribution < -0.4 is 0 Å². The molecule has 0 saturated heterocycles. The molecule has 0 spiro atoms. The molecule has 0 radical (unpaired) electrons. The molecule has 0 atom stereocenters. The fourth-order valence-electron chi connectivity index (χ4n) is 3.38. The number of halogens is 1. The Bertz CT molecular complexity index is 515. The molecule has 0 unspecified atom stereocenters. The van der Waals surface area contributed by atoms with Gasteiger partial charge < -0.3 is 5.11 Å². The minimum absolute atomic E-state index is 0.0189. The molecule has 1 aliphatic carbocycles. The van der Waals surface area contributed by atoms with Crippen LogP contribution in [-0.4, -0.2) is 11.1 Å². The first kappa shape index (κ1) is 13.6. The second-order valence-corrected chi connectivity index (χ2v) is 7.55.